The van der Waals surface area contributed by atoms with E-state index in [1.807, 2.05) is 0 Å². The Balaban J connectivity index is 1.81. The van der Waals surface area contributed by atoms with Crippen LogP contribution in [-0.4, -0.2) is 49.7 Å². The number of aromatic amines is 1. The molecule has 1 aliphatic rings. The highest BCUT2D eigenvalue weighted by atomic mass is 32.2. The predicted octanol–water partition coefficient (Wildman–Crippen LogP) is -0.216. The Morgan fingerprint density at radius 2 is 2.19 bits per heavy atom. The van der Waals surface area contributed by atoms with E-state index in [-0.39, 0.29) is 5.03 Å². The normalized spacial score (nSPS) is 18.0. The minimum Gasteiger partial charge on any atom is -0.302 e. The first kappa shape index (κ1) is 11.6. The quantitative estimate of drug-likeness (QED) is 0.751. The molecule has 1 saturated heterocycles. The van der Waals surface area contributed by atoms with Gasteiger partial charge in [0.15, 0.2) is 5.03 Å². The zero-order valence-electron chi connectivity index (χ0n) is 9.02. The molecule has 1 fully saturated rings. The Morgan fingerprint density at radius 1 is 1.44 bits per heavy atom. The molecule has 16 heavy (non-hydrogen) atoms. The third-order valence-corrected chi connectivity index (χ3v) is 4.07. The number of nitrogens with one attached hydrogen (secondary N) is 2. The van der Waals surface area contributed by atoms with Gasteiger partial charge >= 0.3 is 0 Å². The summed E-state index contributed by atoms with van der Waals surface area (Å²) >= 11 is 0. The van der Waals surface area contributed by atoms with Gasteiger partial charge in [-0.05, 0) is 32.0 Å². The lowest BCUT2D eigenvalue weighted by molar-refractivity contribution is 0.344. The first-order chi connectivity index (χ1) is 7.68. The number of hydrogen-bond donors (Lipinski definition) is 2. The molecule has 7 heteroatoms. The molecule has 0 saturated carbocycles. The van der Waals surface area contributed by atoms with Crippen LogP contribution in [0.1, 0.15) is 12.8 Å². The third kappa shape index (κ3) is 2.81. The molecular formula is C9H16N4O2S. The van der Waals surface area contributed by atoms with Gasteiger partial charge in [0.25, 0.3) is 10.0 Å². The van der Waals surface area contributed by atoms with Crippen LogP contribution < -0.4 is 4.72 Å². The van der Waals surface area contributed by atoms with Crippen molar-refractivity contribution in [2.45, 2.75) is 17.9 Å². The molecule has 2 rings (SSSR count). The Morgan fingerprint density at radius 3 is 2.81 bits per heavy atom. The van der Waals surface area contributed by atoms with E-state index in [1.165, 1.54) is 25.1 Å². The SMILES string of the molecule is O=S(=O)(NCCN1CCCC1)c1ccn[nH]1. The second-order valence-electron chi connectivity index (χ2n) is 3.87. The van der Waals surface area contributed by atoms with Crippen LogP contribution in [0.2, 0.25) is 0 Å². The Kier molecular flexibility index (Phi) is 3.57. The van der Waals surface area contributed by atoms with Crippen molar-refractivity contribution >= 4 is 10.0 Å². The zero-order valence-corrected chi connectivity index (χ0v) is 9.83. The van der Waals surface area contributed by atoms with Crippen LogP contribution in [0.3, 0.4) is 0 Å². The van der Waals surface area contributed by atoms with Gasteiger partial charge in [-0.1, -0.05) is 0 Å². The van der Waals surface area contributed by atoms with Gasteiger partial charge in [0, 0.05) is 13.1 Å². The van der Waals surface area contributed by atoms with Crippen molar-refractivity contribution in [2.24, 2.45) is 0 Å². The van der Waals surface area contributed by atoms with Gasteiger partial charge in [-0.3, -0.25) is 5.10 Å². The van der Waals surface area contributed by atoms with Gasteiger partial charge < -0.3 is 4.90 Å². The smallest absolute Gasteiger partial charge is 0.257 e. The molecule has 2 N–H and O–H groups in total. The molecule has 0 spiro atoms. The molecule has 1 aliphatic heterocycles. The summed E-state index contributed by atoms with van der Waals surface area (Å²) in [5, 5.41) is 6.18. The van der Waals surface area contributed by atoms with E-state index in [0.717, 1.165) is 19.6 Å². The van der Waals surface area contributed by atoms with E-state index in [4.69, 9.17) is 0 Å². The lowest BCUT2D eigenvalue weighted by Gasteiger charge is -2.14. The zero-order chi connectivity index (χ0) is 11.4. The summed E-state index contributed by atoms with van der Waals surface area (Å²) in [4.78, 5) is 2.26. The molecular weight excluding hydrogens is 228 g/mol. The first-order valence-electron chi connectivity index (χ1n) is 5.40. The molecule has 6 nitrogen and oxygen atoms in total. The van der Waals surface area contributed by atoms with Crippen molar-refractivity contribution in [3.8, 4) is 0 Å². The fourth-order valence-electron chi connectivity index (χ4n) is 1.81. The molecule has 0 unspecified atom stereocenters. The number of nitrogens with zero attached hydrogens (tertiary/aromatic N) is 2. The number of H-pyrrole nitrogens is 1. The second kappa shape index (κ2) is 4.94. The minimum absolute atomic E-state index is 0.119. The standard InChI is InChI=1S/C9H16N4O2S/c14-16(15,9-3-4-10-12-9)11-5-8-13-6-1-2-7-13/h3-4,11H,1-2,5-8H2,(H,10,12). The predicted molar refractivity (Wildman–Crippen MR) is 59.5 cm³/mol. The molecule has 0 bridgehead atoms. The maximum absolute atomic E-state index is 11.7. The molecule has 0 aromatic carbocycles. The fourth-order valence-corrected chi connectivity index (χ4v) is 2.74. The highest BCUT2D eigenvalue weighted by molar-refractivity contribution is 7.89. The summed E-state index contributed by atoms with van der Waals surface area (Å²) in [6.45, 7) is 3.37. The van der Waals surface area contributed by atoms with Crippen LogP contribution in [0.5, 0.6) is 0 Å². The topological polar surface area (TPSA) is 78.1 Å². The minimum atomic E-state index is -3.40. The van der Waals surface area contributed by atoms with Gasteiger partial charge in [0.2, 0.25) is 0 Å². The van der Waals surface area contributed by atoms with Crippen LogP contribution in [0.25, 0.3) is 0 Å². The first-order valence-corrected chi connectivity index (χ1v) is 6.88. The van der Waals surface area contributed by atoms with E-state index in [1.54, 1.807) is 0 Å². The maximum atomic E-state index is 11.7. The summed E-state index contributed by atoms with van der Waals surface area (Å²) in [6, 6.07) is 1.44. The molecule has 2 heterocycles. The number of rotatable bonds is 5. The van der Waals surface area contributed by atoms with E-state index >= 15 is 0 Å². The number of hydrogen-bond acceptors (Lipinski definition) is 4. The van der Waals surface area contributed by atoms with Gasteiger partial charge in [-0.15, -0.1) is 0 Å². The van der Waals surface area contributed by atoms with Gasteiger partial charge in [0.1, 0.15) is 0 Å². The van der Waals surface area contributed by atoms with Crippen LogP contribution in [-0.2, 0) is 10.0 Å². The van der Waals surface area contributed by atoms with E-state index in [9.17, 15) is 8.42 Å². The third-order valence-electron chi connectivity index (χ3n) is 2.68. The van der Waals surface area contributed by atoms with Crippen molar-refractivity contribution in [3.05, 3.63) is 12.3 Å². The lowest BCUT2D eigenvalue weighted by atomic mass is 10.4. The highest BCUT2D eigenvalue weighted by Gasteiger charge is 2.16. The van der Waals surface area contributed by atoms with Gasteiger partial charge in [0.05, 0.1) is 6.20 Å². The number of aromatic nitrogens is 2. The van der Waals surface area contributed by atoms with E-state index in [0.29, 0.717) is 6.54 Å². The molecule has 90 valence electrons. The van der Waals surface area contributed by atoms with Gasteiger partial charge in [-0.25, -0.2) is 13.1 Å². The Hall–Kier alpha value is -0.920. The summed E-state index contributed by atoms with van der Waals surface area (Å²) in [5.41, 5.74) is 0. The second-order valence-corrected chi connectivity index (χ2v) is 5.60. The molecule has 0 atom stereocenters. The monoisotopic (exact) mass is 244 g/mol. The molecule has 0 radical (unpaired) electrons. The van der Waals surface area contributed by atoms with Crippen molar-refractivity contribution in [2.75, 3.05) is 26.2 Å². The number of likely N-dealkylation sites (tertiary alicyclic amines) is 1. The Bertz CT molecular complexity index is 409. The average Bonchev–Trinajstić information content (AvgIpc) is 2.90. The highest BCUT2D eigenvalue weighted by Crippen LogP contribution is 2.06. The maximum Gasteiger partial charge on any atom is 0.257 e. The van der Waals surface area contributed by atoms with Crippen LogP contribution in [0, 0.1) is 0 Å². The summed E-state index contributed by atoms with van der Waals surface area (Å²) in [6.07, 6.45) is 3.86. The Labute approximate surface area is 95.1 Å². The summed E-state index contributed by atoms with van der Waals surface area (Å²) in [5.74, 6) is 0. The largest absolute Gasteiger partial charge is 0.302 e. The fraction of sp³-hybridized carbons (Fsp3) is 0.667. The van der Waals surface area contributed by atoms with Crippen molar-refractivity contribution in [1.29, 1.82) is 0 Å². The number of sulfonamides is 1. The van der Waals surface area contributed by atoms with Crippen LogP contribution in [0.4, 0.5) is 0 Å². The molecule has 1 aromatic heterocycles. The summed E-state index contributed by atoms with van der Waals surface area (Å²) in [7, 11) is -3.40. The van der Waals surface area contributed by atoms with Crippen LogP contribution >= 0.6 is 0 Å². The molecule has 0 amide bonds. The van der Waals surface area contributed by atoms with Crippen LogP contribution in [0.15, 0.2) is 17.3 Å². The van der Waals surface area contributed by atoms with Crippen molar-refractivity contribution in [3.63, 3.8) is 0 Å². The molecule has 0 aliphatic carbocycles. The van der Waals surface area contributed by atoms with Crippen molar-refractivity contribution in [1.82, 2.24) is 19.8 Å². The summed E-state index contributed by atoms with van der Waals surface area (Å²) < 4.78 is 25.9. The molecule has 1 aromatic rings. The van der Waals surface area contributed by atoms with Gasteiger partial charge in [-0.2, -0.15) is 5.10 Å². The van der Waals surface area contributed by atoms with Crippen molar-refractivity contribution < 1.29 is 8.42 Å². The lowest BCUT2D eigenvalue weighted by Crippen LogP contribution is -2.33. The van der Waals surface area contributed by atoms with E-state index < -0.39 is 10.0 Å². The van der Waals surface area contributed by atoms with E-state index in [2.05, 4.69) is 19.8 Å². The average molecular weight is 244 g/mol.